The number of nitrogens with zero attached hydrogens (tertiary/aromatic N) is 4. The number of hydrogen-bond acceptors (Lipinski definition) is 5. The number of benzene rings is 1. The van der Waals surface area contributed by atoms with Crippen molar-refractivity contribution in [2.24, 2.45) is 0 Å². The second-order valence-electron chi connectivity index (χ2n) is 4.89. The molecule has 2 aromatic heterocycles. The van der Waals surface area contributed by atoms with Crippen LogP contribution in [-0.2, 0) is 0 Å². The van der Waals surface area contributed by atoms with E-state index < -0.39 is 0 Å². The minimum atomic E-state index is 0.0871. The molecule has 5 nitrogen and oxygen atoms in total. The van der Waals surface area contributed by atoms with Crippen LogP contribution >= 0.6 is 11.8 Å². The highest BCUT2D eigenvalue weighted by atomic mass is 32.2. The van der Waals surface area contributed by atoms with E-state index in [1.807, 2.05) is 28.8 Å². The van der Waals surface area contributed by atoms with Crippen LogP contribution in [0.25, 0.3) is 11.1 Å². The van der Waals surface area contributed by atoms with E-state index >= 15 is 0 Å². The van der Waals surface area contributed by atoms with Gasteiger partial charge in [0.15, 0.2) is 10.7 Å². The van der Waals surface area contributed by atoms with Gasteiger partial charge in [-0.05, 0) is 32.9 Å². The summed E-state index contributed by atoms with van der Waals surface area (Å²) in [6.45, 7) is 6.28. The highest BCUT2D eigenvalue weighted by molar-refractivity contribution is 7.99. The van der Waals surface area contributed by atoms with Crippen molar-refractivity contribution >= 4 is 22.9 Å². The summed E-state index contributed by atoms with van der Waals surface area (Å²) in [7, 11) is 0. The Labute approximate surface area is 121 Å². The van der Waals surface area contributed by atoms with E-state index in [-0.39, 0.29) is 5.25 Å². The second kappa shape index (κ2) is 5.28. The first-order chi connectivity index (χ1) is 9.65. The Balaban J connectivity index is 1.85. The van der Waals surface area contributed by atoms with Crippen LogP contribution in [0.1, 0.15) is 38.0 Å². The maximum atomic E-state index is 5.79. The molecule has 104 valence electrons. The topological polar surface area (TPSA) is 56.7 Å². The fourth-order valence-corrected chi connectivity index (χ4v) is 2.93. The monoisotopic (exact) mass is 288 g/mol. The predicted molar refractivity (Wildman–Crippen MR) is 78.7 cm³/mol. The lowest BCUT2D eigenvalue weighted by atomic mass is 10.3. The number of aromatic nitrogens is 4. The summed E-state index contributed by atoms with van der Waals surface area (Å²) in [4.78, 5) is 4.52. The molecule has 3 rings (SSSR count). The predicted octanol–water partition coefficient (Wildman–Crippen LogP) is 3.85. The van der Waals surface area contributed by atoms with Gasteiger partial charge in [0, 0.05) is 6.04 Å². The molecule has 0 saturated heterocycles. The van der Waals surface area contributed by atoms with Crippen molar-refractivity contribution in [3.63, 3.8) is 0 Å². The van der Waals surface area contributed by atoms with Crippen LogP contribution in [0.3, 0.4) is 0 Å². The third-order valence-electron chi connectivity index (χ3n) is 3.04. The van der Waals surface area contributed by atoms with E-state index in [9.17, 15) is 0 Å². The maximum Gasteiger partial charge on any atom is 0.208 e. The van der Waals surface area contributed by atoms with Gasteiger partial charge in [-0.3, -0.25) is 0 Å². The first-order valence-electron chi connectivity index (χ1n) is 6.57. The average molecular weight is 288 g/mol. The molecular formula is C14H16N4OS. The fraction of sp³-hybridized carbons (Fsp3) is 0.357. The van der Waals surface area contributed by atoms with Crippen molar-refractivity contribution < 1.29 is 4.42 Å². The van der Waals surface area contributed by atoms with Gasteiger partial charge in [-0.2, -0.15) is 0 Å². The summed E-state index contributed by atoms with van der Waals surface area (Å²) < 4.78 is 7.84. The smallest absolute Gasteiger partial charge is 0.208 e. The zero-order valence-electron chi connectivity index (χ0n) is 11.6. The zero-order chi connectivity index (χ0) is 14.1. The lowest BCUT2D eigenvalue weighted by Gasteiger charge is -2.11. The Morgan fingerprint density at radius 1 is 1.20 bits per heavy atom. The molecule has 1 atom stereocenters. The number of hydrogen-bond donors (Lipinski definition) is 0. The Morgan fingerprint density at radius 2 is 2.00 bits per heavy atom. The first kappa shape index (κ1) is 13.2. The molecule has 0 amide bonds. The van der Waals surface area contributed by atoms with E-state index in [4.69, 9.17) is 4.42 Å². The normalized spacial score (nSPS) is 13.2. The second-order valence-corrected chi connectivity index (χ2v) is 6.20. The molecule has 0 aliphatic rings. The number of thioether (sulfide) groups is 1. The molecule has 0 aliphatic heterocycles. The standard InChI is InChI=1S/C14H16N4OS/c1-9(2)18-8-15-17-14(18)20-10(3)13-16-11-6-4-5-7-12(11)19-13/h4-10H,1-3H3/t10-/m1/s1. The van der Waals surface area contributed by atoms with Gasteiger partial charge in [-0.25, -0.2) is 4.98 Å². The zero-order valence-corrected chi connectivity index (χ0v) is 12.5. The number of oxazole rings is 1. The lowest BCUT2D eigenvalue weighted by molar-refractivity contribution is 0.528. The fourth-order valence-electron chi connectivity index (χ4n) is 1.94. The van der Waals surface area contributed by atoms with Crippen molar-refractivity contribution in [1.82, 2.24) is 19.7 Å². The molecule has 0 aliphatic carbocycles. The lowest BCUT2D eigenvalue weighted by Crippen LogP contribution is -2.02. The highest BCUT2D eigenvalue weighted by Crippen LogP contribution is 2.35. The van der Waals surface area contributed by atoms with Gasteiger partial charge in [0.05, 0.1) is 5.25 Å². The molecule has 0 radical (unpaired) electrons. The maximum absolute atomic E-state index is 5.79. The molecule has 0 saturated carbocycles. The largest absolute Gasteiger partial charge is 0.439 e. The van der Waals surface area contributed by atoms with Crippen LogP contribution in [0.4, 0.5) is 0 Å². The number of para-hydroxylation sites is 2. The van der Waals surface area contributed by atoms with Crippen LogP contribution in [-0.4, -0.2) is 19.7 Å². The minimum absolute atomic E-state index is 0.0871. The molecule has 0 spiro atoms. The van der Waals surface area contributed by atoms with E-state index in [0.29, 0.717) is 6.04 Å². The Kier molecular flexibility index (Phi) is 3.48. The van der Waals surface area contributed by atoms with Crippen molar-refractivity contribution in [2.45, 2.75) is 37.2 Å². The summed E-state index contributed by atoms with van der Waals surface area (Å²) in [5.41, 5.74) is 1.71. The number of rotatable bonds is 4. The molecule has 0 fully saturated rings. The molecule has 0 N–H and O–H groups in total. The molecule has 3 aromatic rings. The van der Waals surface area contributed by atoms with E-state index in [1.165, 1.54) is 0 Å². The van der Waals surface area contributed by atoms with Gasteiger partial charge in [0.25, 0.3) is 0 Å². The van der Waals surface area contributed by atoms with Gasteiger partial charge in [0.2, 0.25) is 5.89 Å². The van der Waals surface area contributed by atoms with Gasteiger partial charge < -0.3 is 8.98 Å². The Morgan fingerprint density at radius 3 is 2.75 bits per heavy atom. The molecule has 2 heterocycles. The van der Waals surface area contributed by atoms with E-state index in [1.54, 1.807) is 18.1 Å². The quantitative estimate of drug-likeness (QED) is 0.682. The summed E-state index contributed by atoms with van der Waals surface area (Å²) in [6.07, 6.45) is 1.76. The first-order valence-corrected chi connectivity index (χ1v) is 7.44. The van der Waals surface area contributed by atoms with Crippen molar-refractivity contribution in [3.8, 4) is 0 Å². The summed E-state index contributed by atoms with van der Waals surface area (Å²) in [6, 6.07) is 8.13. The van der Waals surface area contributed by atoms with Crippen LogP contribution < -0.4 is 0 Å². The van der Waals surface area contributed by atoms with E-state index in [2.05, 4.69) is 36.0 Å². The molecular weight excluding hydrogens is 272 g/mol. The third-order valence-corrected chi connectivity index (χ3v) is 4.10. The molecule has 6 heteroatoms. The van der Waals surface area contributed by atoms with E-state index in [0.717, 1.165) is 22.1 Å². The SMILES string of the molecule is CC(C)n1cnnc1S[C@H](C)c1nc2ccccc2o1. The number of fused-ring (bicyclic) bond motifs is 1. The van der Waals surface area contributed by atoms with Gasteiger partial charge in [0.1, 0.15) is 11.8 Å². The van der Waals surface area contributed by atoms with Crippen molar-refractivity contribution in [3.05, 3.63) is 36.5 Å². The summed E-state index contributed by atoms with van der Waals surface area (Å²) in [5.74, 6) is 0.717. The molecule has 1 aromatic carbocycles. The van der Waals surface area contributed by atoms with Crippen LogP contribution in [0.2, 0.25) is 0 Å². The van der Waals surface area contributed by atoms with Crippen LogP contribution in [0.5, 0.6) is 0 Å². The third kappa shape index (κ3) is 2.43. The molecule has 0 bridgehead atoms. The van der Waals surface area contributed by atoms with Gasteiger partial charge in [-0.15, -0.1) is 10.2 Å². The summed E-state index contributed by atoms with van der Waals surface area (Å²) >= 11 is 1.61. The van der Waals surface area contributed by atoms with Crippen molar-refractivity contribution in [2.75, 3.05) is 0 Å². The average Bonchev–Trinajstić information content (AvgIpc) is 3.03. The Hall–Kier alpha value is -1.82. The van der Waals surface area contributed by atoms with Gasteiger partial charge in [-0.1, -0.05) is 23.9 Å². The minimum Gasteiger partial charge on any atom is -0.439 e. The van der Waals surface area contributed by atoms with Crippen LogP contribution in [0.15, 0.2) is 40.2 Å². The Bertz CT molecular complexity index is 686. The van der Waals surface area contributed by atoms with Gasteiger partial charge >= 0.3 is 0 Å². The molecule has 0 unspecified atom stereocenters. The van der Waals surface area contributed by atoms with Crippen LogP contribution in [0, 0.1) is 0 Å². The highest BCUT2D eigenvalue weighted by Gasteiger charge is 2.18. The summed E-state index contributed by atoms with van der Waals surface area (Å²) in [5, 5.41) is 9.11. The van der Waals surface area contributed by atoms with Crippen molar-refractivity contribution in [1.29, 1.82) is 0 Å². The molecule has 20 heavy (non-hydrogen) atoms.